The minimum atomic E-state index is -0.371. The maximum Gasteiger partial charge on any atom is 0.0900 e. The average Bonchev–Trinajstić information content (AvgIpc) is 2.87. The van der Waals surface area contributed by atoms with E-state index in [0.717, 1.165) is 22.8 Å². The first-order valence-corrected chi connectivity index (χ1v) is 17.9. The summed E-state index contributed by atoms with van der Waals surface area (Å²) < 4.78 is 0. The van der Waals surface area contributed by atoms with E-state index < -0.39 is 0 Å². The molecule has 3 aromatic heterocycles. The van der Waals surface area contributed by atoms with E-state index in [0.29, 0.717) is 22.6 Å². The topological polar surface area (TPSA) is 38.7 Å². The van der Waals surface area contributed by atoms with Crippen molar-refractivity contribution < 1.29 is 0 Å². The summed E-state index contributed by atoms with van der Waals surface area (Å²) in [6, 6.07) is 22.0. The Kier molecular flexibility index (Phi) is 10.2. The fourth-order valence-electron chi connectivity index (χ4n) is 6.24. The molecule has 0 bridgehead atoms. The van der Waals surface area contributed by atoms with Gasteiger partial charge in [-0.05, 0) is 118 Å². The third kappa shape index (κ3) is 7.13. The zero-order valence-electron chi connectivity index (χ0n) is 26.8. The van der Waals surface area contributed by atoms with Crippen LogP contribution in [-0.2, 0) is 0 Å². The molecule has 216 valence electrons. The largest absolute Gasteiger partial charge is 0.246 e. The highest BCUT2D eigenvalue weighted by atomic mass is 31.1. The molecule has 4 rings (SSSR count). The van der Waals surface area contributed by atoms with Crippen LogP contribution in [0.15, 0.2) is 60.7 Å². The molecule has 0 fully saturated rings. The SMILES string of the molecule is Cc1cc(C)c(-c2cc(-c3cccc(P(C(C)C)C(C)C)n3)nc(-c3cccc(P(C(C)C)C(C)C)n3)c2)c(C)c1. The molecule has 41 heavy (non-hydrogen) atoms. The van der Waals surface area contributed by atoms with Crippen LogP contribution in [0.1, 0.15) is 72.1 Å². The van der Waals surface area contributed by atoms with Crippen LogP contribution in [0.25, 0.3) is 33.9 Å². The van der Waals surface area contributed by atoms with E-state index in [-0.39, 0.29) is 15.8 Å². The predicted octanol–water partition coefficient (Wildman–Crippen LogP) is 9.65. The van der Waals surface area contributed by atoms with Crippen LogP contribution in [-0.4, -0.2) is 37.6 Å². The standard InChI is InChI=1S/C36H47N3P2/c1-22(2)40(23(3)4)34-16-12-14-30(38-34)32-20-29(36-27(10)18-26(9)19-28(36)11)21-33(37-32)31-15-13-17-35(39-31)41(24(5)6)25(7)8/h12-25H,1-11H3. The second-order valence-corrected chi connectivity index (χ2v) is 19.0. The van der Waals surface area contributed by atoms with Gasteiger partial charge in [0.2, 0.25) is 0 Å². The van der Waals surface area contributed by atoms with Crippen molar-refractivity contribution in [2.45, 2.75) is 98.8 Å². The summed E-state index contributed by atoms with van der Waals surface area (Å²) in [5.41, 5.74) is 14.7. The number of rotatable bonds is 9. The second-order valence-electron chi connectivity index (χ2n) is 12.4. The number of hydrogen-bond donors (Lipinski definition) is 0. The summed E-state index contributed by atoms with van der Waals surface area (Å²) in [5, 5.41) is 0. The van der Waals surface area contributed by atoms with Crippen LogP contribution < -0.4 is 10.9 Å². The molecule has 0 saturated carbocycles. The monoisotopic (exact) mass is 583 g/mol. The van der Waals surface area contributed by atoms with Crippen molar-refractivity contribution in [3.05, 3.63) is 77.4 Å². The van der Waals surface area contributed by atoms with Gasteiger partial charge in [-0.25, -0.2) is 15.0 Å². The first-order valence-electron chi connectivity index (χ1n) is 15.0. The Morgan fingerprint density at radius 3 is 1.24 bits per heavy atom. The Labute approximate surface area is 251 Å². The molecule has 5 heteroatoms. The zero-order valence-corrected chi connectivity index (χ0v) is 28.6. The number of aryl methyl sites for hydroxylation is 3. The van der Waals surface area contributed by atoms with E-state index in [1.807, 2.05) is 0 Å². The molecule has 0 aliphatic carbocycles. The van der Waals surface area contributed by atoms with Gasteiger partial charge in [-0.1, -0.05) is 85.2 Å². The lowest BCUT2D eigenvalue weighted by molar-refractivity contribution is 1.02. The van der Waals surface area contributed by atoms with Crippen LogP contribution in [0.2, 0.25) is 0 Å². The van der Waals surface area contributed by atoms with Crippen LogP contribution in [0.4, 0.5) is 0 Å². The van der Waals surface area contributed by atoms with Crippen molar-refractivity contribution in [3.63, 3.8) is 0 Å². The Balaban J connectivity index is 1.95. The highest BCUT2D eigenvalue weighted by Gasteiger charge is 2.23. The highest BCUT2D eigenvalue weighted by Crippen LogP contribution is 2.45. The Bertz CT molecular complexity index is 1390. The quantitative estimate of drug-likeness (QED) is 0.184. The summed E-state index contributed by atoms with van der Waals surface area (Å²) in [4.78, 5) is 15.8. The maximum atomic E-state index is 5.26. The third-order valence-corrected chi connectivity index (χ3v) is 13.5. The van der Waals surface area contributed by atoms with Crippen molar-refractivity contribution in [1.82, 2.24) is 15.0 Å². The van der Waals surface area contributed by atoms with Gasteiger partial charge in [-0.3, -0.25) is 0 Å². The molecule has 0 aliphatic heterocycles. The van der Waals surface area contributed by atoms with Crippen LogP contribution in [0.3, 0.4) is 0 Å². The van der Waals surface area contributed by atoms with Crippen molar-refractivity contribution >= 4 is 26.7 Å². The number of aromatic nitrogens is 3. The van der Waals surface area contributed by atoms with E-state index in [2.05, 4.69) is 137 Å². The van der Waals surface area contributed by atoms with Gasteiger partial charge in [0.05, 0.1) is 33.6 Å². The first kappa shape index (κ1) is 31.5. The van der Waals surface area contributed by atoms with E-state index in [1.165, 1.54) is 38.7 Å². The molecule has 0 N–H and O–H groups in total. The smallest absolute Gasteiger partial charge is 0.0900 e. The number of pyridine rings is 3. The Morgan fingerprint density at radius 1 is 0.488 bits per heavy atom. The molecule has 0 aliphatic rings. The molecule has 0 unspecified atom stereocenters. The van der Waals surface area contributed by atoms with E-state index >= 15 is 0 Å². The molecular weight excluding hydrogens is 536 g/mol. The number of nitrogens with zero attached hydrogens (tertiary/aromatic N) is 3. The highest BCUT2D eigenvalue weighted by molar-refractivity contribution is 7.67. The summed E-state index contributed by atoms with van der Waals surface area (Å²) in [5.74, 6) is 0. The van der Waals surface area contributed by atoms with Crippen LogP contribution >= 0.6 is 15.8 Å². The number of benzene rings is 1. The van der Waals surface area contributed by atoms with Gasteiger partial charge in [0.25, 0.3) is 0 Å². The van der Waals surface area contributed by atoms with Gasteiger partial charge < -0.3 is 0 Å². The van der Waals surface area contributed by atoms with E-state index in [4.69, 9.17) is 15.0 Å². The molecule has 3 heterocycles. The lowest BCUT2D eigenvalue weighted by Gasteiger charge is -2.25. The predicted molar refractivity (Wildman–Crippen MR) is 184 cm³/mol. The minimum Gasteiger partial charge on any atom is -0.246 e. The minimum absolute atomic E-state index is 0.371. The molecule has 0 spiro atoms. The number of hydrogen-bond acceptors (Lipinski definition) is 3. The zero-order chi connectivity index (χ0) is 30.0. The Hall–Kier alpha value is -2.47. The first-order chi connectivity index (χ1) is 19.4. The van der Waals surface area contributed by atoms with Crippen molar-refractivity contribution in [3.8, 4) is 33.9 Å². The van der Waals surface area contributed by atoms with Crippen molar-refractivity contribution in [1.29, 1.82) is 0 Å². The lowest BCUT2D eigenvalue weighted by atomic mass is 9.93. The van der Waals surface area contributed by atoms with Gasteiger partial charge in [0.15, 0.2) is 0 Å². The van der Waals surface area contributed by atoms with Gasteiger partial charge in [0, 0.05) is 0 Å². The van der Waals surface area contributed by atoms with Gasteiger partial charge in [0.1, 0.15) is 0 Å². The van der Waals surface area contributed by atoms with Gasteiger partial charge >= 0.3 is 0 Å². The summed E-state index contributed by atoms with van der Waals surface area (Å²) in [6.07, 6.45) is 0. The maximum absolute atomic E-state index is 5.26. The summed E-state index contributed by atoms with van der Waals surface area (Å²) >= 11 is 0. The molecule has 4 aromatic rings. The van der Waals surface area contributed by atoms with Crippen molar-refractivity contribution in [2.24, 2.45) is 0 Å². The molecule has 0 amide bonds. The van der Waals surface area contributed by atoms with Crippen LogP contribution in [0.5, 0.6) is 0 Å². The van der Waals surface area contributed by atoms with Gasteiger partial charge in [-0.2, -0.15) is 0 Å². The average molecular weight is 584 g/mol. The molecular formula is C36H47N3P2. The fraction of sp³-hybridized carbons (Fsp3) is 0.417. The third-order valence-electron chi connectivity index (χ3n) is 7.54. The fourth-order valence-corrected chi connectivity index (χ4v) is 11.7. The van der Waals surface area contributed by atoms with Gasteiger partial charge in [-0.15, -0.1) is 0 Å². The van der Waals surface area contributed by atoms with Crippen LogP contribution in [0, 0.1) is 20.8 Å². The summed E-state index contributed by atoms with van der Waals surface area (Å²) in [7, 11) is -0.741. The lowest BCUT2D eigenvalue weighted by Crippen LogP contribution is -2.18. The Morgan fingerprint density at radius 2 is 0.878 bits per heavy atom. The molecule has 1 aromatic carbocycles. The second kappa shape index (κ2) is 13.2. The molecule has 3 nitrogen and oxygen atoms in total. The summed E-state index contributed by atoms with van der Waals surface area (Å²) in [6.45, 7) is 25.2. The molecule has 0 atom stereocenters. The normalized spacial score (nSPS) is 12.1. The molecule has 0 radical (unpaired) electrons. The van der Waals surface area contributed by atoms with E-state index in [1.54, 1.807) is 0 Å². The van der Waals surface area contributed by atoms with Crippen molar-refractivity contribution in [2.75, 3.05) is 0 Å². The van der Waals surface area contributed by atoms with E-state index in [9.17, 15) is 0 Å². The molecule has 0 saturated heterocycles.